The van der Waals surface area contributed by atoms with E-state index < -0.39 is 17.9 Å². The number of nitrogens with two attached hydrogens (primary N) is 3. The molecule has 0 radical (unpaired) electrons. The van der Waals surface area contributed by atoms with Crippen LogP contribution < -0.4 is 17.2 Å². The van der Waals surface area contributed by atoms with Crippen LogP contribution in [0.25, 0.3) is 0 Å². The summed E-state index contributed by atoms with van der Waals surface area (Å²) in [5.74, 6) is 4.77. The average Bonchev–Trinajstić information content (AvgIpc) is 0.848. The number of morpholine rings is 3. The van der Waals surface area contributed by atoms with Gasteiger partial charge in [-0.1, -0.05) is 92.0 Å². The standard InChI is InChI=1S/C24H33ClN6O2.2C24H35ClN6O.3C2H4O2/c1-16-12-30(13-16)24(32)21-14-31(20(15-33-21)10-17-2-4-18(25)5-3-17)19-6-8-29(9-7-19)23-11-22(26)27-28-23;2*1-17-12-29(13-17)14-22-15-31(21(16-32-22)10-18-2-4-19(25)5-3-18)20-6-8-30(9-7-20)24-11-23(26)27-28-24;3*1-2(3)4/h2-5,16,19-21H,6-15H2,1H3,(H2,26,27);2*2-5,17,20-22H,6-16H2,1H3,(H2,26,27);3*1H3,(H,3,4)/t20-,21+;2*21-,22-;;;/m000.../s1. The summed E-state index contributed by atoms with van der Waals surface area (Å²) in [6, 6.07) is 27.2. The molecule has 12 aliphatic rings. The number of piperidine rings is 3. The summed E-state index contributed by atoms with van der Waals surface area (Å²) in [5.41, 5.74) is 21.4. The van der Waals surface area contributed by atoms with Gasteiger partial charge in [-0.05, 0) is 129 Å². The average molecular weight is 1570 g/mol. The molecule has 1 amide bonds. The minimum absolute atomic E-state index is 0.147. The molecule has 0 saturated carbocycles. The normalized spacial score (nSPS) is 25.7. The van der Waals surface area contributed by atoms with E-state index in [0.29, 0.717) is 98.3 Å². The molecule has 0 unspecified atom stereocenters. The Balaban J connectivity index is 0.000000162. The van der Waals surface area contributed by atoms with E-state index in [1.54, 1.807) is 0 Å². The minimum atomic E-state index is -0.833. The molecule has 9 N–H and O–H groups in total. The first kappa shape index (κ1) is 84.4. The molecule has 6 atom stereocenters. The number of aliphatic carboxylic acids is 3. The maximum atomic E-state index is 13.0. The van der Waals surface area contributed by atoms with E-state index in [4.69, 9.17) is 95.9 Å². The molecule has 9 saturated heterocycles. The number of carbonyl (C=O) groups excluding carboxylic acids is 1. The summed E-state index contributed by atoms with van der Waals surface area (Å²) in [7, 11) is 0. The predicted molar refractivity (Wildman–Crippen MR) is 428 cm³/mol. The molecule has 12 aliphatic heterocycles. The molecule has 0 bridgehead atoms. The number of benzene rings is 3. The number of amidine groups is 6. The Labute approximate surface area is 657 Å². The van der Waals surface area contributed by atoms with E-state index in [1.807, 2.05) is 41.3 Å². The number of hydrogen-bond acceptors (Lipinski definition) is 24. The number of rotatable bonds is 14. The van der Waals surface area contributed by atoms with Crippen molar-refractivity contribution in [3.63, 3.8) is 0 Å². The summed E-state index contributed by atoms with van der Waals surface area (Å²) in [5, 5.41) is 49.4. The van der Waals surface area contributed by atoms with Gasteiger partial charge in [0.25, 0.3) is 23.8 Å². The van der Waals surface area contributed by atoms with Gasteiger partial charge in [-0.15, -0.1) is 30.6 Å². The number of hydrogen-bond donors (Lipinski definition) is 6. The van der Waals surface area contributed by atoms with Crippen molar-refractivity contribution in [1.82, 2.24) is 44.1 Å². The molecule has 15 rings (SSSR count). The number of amides is 1. The van der Waals surface area contributed by atoms with Crippen LogP contribution in [-0.4, -0.2) is 304 Å². The summed E-state index contributed by atoms with van der Waals surface area (Å²) in [4.78, 5) is 62.1. The maximum absolute atomic E-state index is 13.0. The molecule has 28 nitrogen and oxygen atoms in total. The molecule has 31 heteroatoms. The number of ether oxygens (including phenoxy) is 3. The molecule has 598 valence electrons. The highest BCUT2D eigenvalue weighted by Gasteiger charge is 2.44. The van der Waals surface area contributed by atoms with E-state index in [-0.39, 0.29) is 18.1 Å². The first-order valence-electron chi connectivity index (χ1n) is 38.8. The monoisotopic (exact) mass is 1570 g/mol. The lowest BCUT2D eigenvalue weighted by atomic mass is 9.95. The fourth-order valence-electron chi connectivity index (χ4n) is 16.8. The smallest absolute Gasteiger partial charge is 0.300 e. The number of carboxylic acids is 3. The van der Waals surface area contributed by atoms with Crippen LogP contribution in [0.2, 0.25) is 15.1 Å². The zero-order valence-electron chi connectivity index (χ0n) is 64.3. The summed E-state index contributed by atoms with van der Waals surface area (Å²) >= 11 is 18.3. The van der Waals surface area contributed by atoms with E-state index in [1.165, 1.54) is 42.9 Å². The van der Waals surface area contributed by atoms with Crippen LogP contribution in [0.3, 0.4) is 0 Å². The molecule has 3 aromatic carbocycles. The van der Waals surface area contributed by atoms with Crippen molar-refractivity contribution in [2.24, 2.45) is 65.6 Å². The highest BCUT2D eigenvalue weighted by molar-refractivity contribution is 6.31. The fourth-order valence-corrected chi connectivity index (χ4v) is 17.1. The molecule has 0 spiro atoms. The Hall–Kier alpha value is -7.09. The van der Waals surface area contributed by atoms with Crippen molar-refractivity contribution in [2.75, 3.05) is 131 Å². The Morgan fingerprint density at radius 3 is 0.954 bits per heavy atom. The second kappa shape index (κ2) is 40.9. The third kappa shape index (κ3) is 26.0. The van der Waals surface area contributed by atoms with Crippen molar-refractivity contribution in [1.29, 1.82) is 0 Å². The van der Waals surface area contributed by atoms with Crippen molar-refractivity contribution in [3.05, 3.63) is 105 Å². The molecule has 0 aliphatic carbocycles. The van der Waals surface area contributed by atoms with E-state index in [9.17, 15) is 4.79 Å². The molecular formula is C78H115Cl3N18O10. The Bertz CT molecular complexity index is 3460. The van der Waals surface area contributed by atoms with Crippen molar-refractivity contribution in [3.8, 4) is 0 Å². The molecule has 109 heavy (non-hydrogen) atoms. The number of likely N-dealkylation sites (tertiary alicyclic amines) is 6. The van der Waals surface area contributed by atoms with Crippen LogP contribution in [0.4, 0.5) is 0 Å². The van der Waals surface area contributed by atoms with E-state index in [2.05, 4.69) is 127 Å². The maximum Gasteiger partial charge on any atom is 0.300 e. The Morgan fingerprint density at radius 1 is 0.413 bits per heavy atom. The first-order chi connectivity index (χ1) is 52.2. The van der Waals surface area contributed by atoms with Crippen molar-refractivity contribution in [2.45, 2.75) is 173 Å². The van der Waals surface area contributed by atoms with E-state index in [0.717, 1.165) is 215 Å². The van der Waals surface area contributed by atoms with Gasteiger partial charge in [-0.25, -0.2) is 0 Å². The van der Waals surface area contributed by atoms with Gasteiger partial charge in [0.1, 0.15) is 41.1 Å². The topological polar surface area (TPSA) is 338 Å². The Morgan fingerprint density at radius 2 is 0.688 bits per heavy atom. The van der Waals surface area contributed by atoms with Gasteiger partial charge in [0.05, 0.1) is 51.3 Å². The second-order valence-corrected chi connectivity index (χ2v) is 32.6. The largest absolute Gasteiger partial charge is 0.481 e. The van der Waals surface area contributed by atoms with Crippen LogP contribution in [-0.2, 0) is 52.7 Å². The van der Waals surface area contributed by atoms with Crippen LogP contribution >= 0.6 is 34.8 Å². The molecular weight excluding hydrogens is 1460 g/mol. The molecule has 9 fully saturated rings. The lowest BCUT2D eigenvalue weighted by Crippen LogP contribution is -2.62. The van der Waals surface area contributed by atoms with Gasteiger partial charge in [0, 0.05) is 183 Å². The van der Waals surface area contributed by atoms with Crippen molar-refractivity contribution >= 4 is 93.6 Å². The molecule has 0 aromatic heterocycles. The zero-order valence-corrected chi connectivity index (χ0v) is 66.5. The summed E-state index contributed by atoms with van der Waals surface area (Å²) in [6.07, 6.45) is 11.8. The zero-order chi connectivity index (χ0) is 77.8. The lowest BCUT2D eigenvalue weighted by Gasteiger charge is -2.48. The lowest BCUT2D eigenvalue weighted by molar-refractivity contribution is -0.161. The highest BCUT2D eigenvalue weighted by atomic mass is 35.5. The molecule has 12 heterocycles. The van der Waals surface area contributed by atoms with Crippen LogP contribution in [0.5, 0.6) is 0 Å². The summed E-state index contributed by atoms with van der Waals surface area (Å²) in [6.45, 7) is 29.5. The van der Waals surface area contributed by atoms with Gasteiger partial charge in [-0.2, -0.15) is 0 Å². The molecule has 3 aromatic rings. The third-order valence-corrected chi connectivity index (χ3v) is 22.7. The van der Waals surface area contributed by atoms with E-state index >= 15 is 0 Å². The van der Waals surface area contributed by atoms with Gasteiger partial charge < -0.3 is 76.1 Å². The van der Waals surface area contributed by atoms with Gasteiger partial charge in [0.2, 0.25) is 0 Å². The number of carboxylic acid groups (broad SMARTS) is 3. The Kier molecular flexibility index (Phi) is 31.7. The summed E-state index contributed by atoms with van der Waals surface area (Å²) < 4.78 is 18.9. The highest BCUT2D eigenvalue weighted by Crippen LogP contribution is 2.33. The van der Waals surface area contributed by atoms with Gasteiger partial charge in [-0.3, -0.25) is 33.9 Å². The number of halogens is 3. The SMILES string of the molecule is CC(=O)O.CC(=O)O.CC(=O)O.CC1CN(C(=O)[C@H]2CN(C3CCN(C4=NN=C(N)C4)CC3)[C@@H](Cc3ccc(Cl)cc3)CO2)C1.CC1CN(C[C@H]2CN(C3CCN(C4=NN=C(N)C4)CC3)[C@@H](Cc3ccc(Cl)cc3)CO2)C1.CC1CN(C[C@H]2CN(C3CCN(C4=NN=C(N)C4)CC3)[C@@H](Cc3ccc(Cl)cc3)CO2)C1. The van der Waals surface area contributed by atoms with Crippen LogP contribution in [0.15, 0.2) is 103 Å². The van der Waals surface area contributed by atoms with Gasteiger partial charge >= 0.3 is 0 Å². The minimum Gasteiger partial charge on any atom is -0.481 e. The quantitative estimate of drug-likeness (QED) is 0.0934. The second-order valence-electron chi connectivity index (χ2n) is 31.3. The fraction of sp³-hybridized carbons (Fsp3) is 0.641. The van der Waals surface area contributed by atoms with Crippen molar-refractivity contribution < 1.29 is 48.7 Å². The number of carbonyl (C=O) groups is 4. The third-order valence-electron chi connectivity index (χ3n) is 22.0. The van der Waals surface area contributed by atoms with Crippen LogP contribution in [0, 0.1) is 17.8 Å². The van der Waals surface area contributed by atoms with Gasteiger partial charge in [0.15, 0.2) is 0 Å². The van der Waals surface area contributed by atoms with Crippen LogP contribution in [0.1, 0.15) is 116 Å². The first-order valence-corrected chi connectivity index (χ1v) is 39.9. The number of nitrogens with zero attached hydrogens (tertiary/aromatic N) is 15. The predicted octanol–water partition coefficient (Wildman–Crippen LogP) is 7.13.